The summed E-state index contributed by atoms with van der Waals surface area (Å²) in [6.07, 6.45) is 8.13. The van der Waals surface area contributed by atoms with Crippen molar-refractivity contribution in [1.29, 1.82) is 0 Å². The molecule has 99 valence electrons. The minimum absolute atomic E-state index is 0.625. The maximum Gasteiger partial charge on any atom is 0.227 e. The Labute approximate surface area is 118 Å². The van der Waals surface area contributed by atoms with Crippen LogP contribution < -0.4 is 0 Å². The van der Waals surface area contributed by atoms with Crippen LogP contribution in [-0.4, -0.2) is 10.1 Å². The van der Waals surface area contributed by atoms with Crippen molar-refractivity contribution in [3.63, 3.8) is 0 Å². The molecule has 1 aromatic heterocycles. The largest absolute Gasteiger partial charge is 0.339 e. The minimum atomic E-state index is 0.625. The Kier molecular flexibility index (Phi) is 3.83. The van der Waals surface area contributed by atoms with E-state index in [0.29, 0.717) is 16.8 Å². The number of halogens is 1. The van der Waals surface area contributed by atoms with Crippen LogP contribution in [0, 0.1) is 12.3 Å². The number of nitrogens with zero attached hydrogens (tertiary/aromatic N) is 2. The lowest BCUT2D eigenvalue weighted by Crippen LogP contribution is -2.09. The first kappa shape index (κ1) is 12.7. The molecule has 1 saturated carbocycles. The summed E-state index contributed by atoms with van der Waals surface area (Å²) in [5, 5.41) is 4.73. The quantitative estimate of drug-likeness (QED) is 0.837. The number of rotatable bonds is 3. The molecular formula is C15H16ClN2O. The fourth-order valence-electron chi connectivity index (χ4n) is 2.53. The molecule has 3 nitrogen and oxygen atoms in total. The topological polar surface area (TPSA) is 38.9 Å². The molecule has 0 aliphatic heterocycles. The zero-order valence-corrected chi connectivity index (χ0v) is 11.4. The Bertz CT molecular complexity index is 547. The van der Waals surface area contributed by atoms with Gasteiger partial charge in [-0.25, -0.2) is 0 Å². The first-order chi connectivity index (χ1) is 9.31. The van der Waals surface area contributed by atoms with Crippen LogP contribution in [0.2, 0.25) is 5.02 Å². The Morgan fingerprint density at radius 1 is 1.26 bits per heavy atom. The van der Waals surface area contributed by atoms with Crippen LogP contribution in [0.3, 0.4) is 0 Å². The van der Waals surface area contributed by atoms with Crippen molar-refractivity contribution < 1.29 is 4.52 Å². The summed E-state index contributed by atoms with van der Waals surface area (Å²) in [6, 6.07) is 7.52. The molecule has 19 heavy (non-hydrogen) atoms. The number of benzene rings is 1. The fourth-order valence-corrected chi connectivity index (χ4v) is 2.72. The van der Waals surface area contributed by atoms with Gasteiger partial charge < -0.3 is 4.52 Å². The van der Waals surface area contributed by atoms with E-state index in [4.69, 9.17) is 16.1 Å². The predicted molar refractivity (Wildman–Crippen MR) is 74.7 cm³/mol. The van der Waals surface area contributed by atoms with Gasteiger partial charge >= 0.3 is 0 Å². The summed E-state index contributed by atoms with van der Waals surface area (Å²) in [4.78, 5) is 4.47. The molecule has 1 radical (unpaired) electrons. The first-order valence-corrected chi connectivity index (χ1v) is 7.09. The predicted octanol–water partition coefficient (Wildman–Crippen LogP) is 4.33. The molecule has 1 heterocycles. The molecule has 0 amide bonds. The van der Waals surface area contributed by atoms with E-state index in [1.54, 1.807) is 0 Å². The summed E-state index contributed by atoms with van der Waals surface area (Å²) >= 11 is 5.97. The molecule has 0 bridgehead atoms. The third kappa shape index (κ3) is 3.16. The van der Waals surface area contributed by atoms with Crippen LogP contribution in [0.25, 0.3) is 11.4 Å². The number of aromatic nitrogens is 2. The third-order valence-corrected chi connectivity index (χ3v) is 3.81. The van der Waals surface area contributed by atoms with E-state index in [9.17, 15) is 0 Å². The van der Waals surface area contributed by atoms with Gasteiger partial charge in [-0.3, -0.25) is 0 Å². The summed E-state index contributed by atoms with van der Waals surface area (Å²) in [5.41, 5.74) is 0.902. The lowest BCUT2D eigenvalue weighted by atomic mass is 9.87. The van der Waals surface area contributed by atoms with E-state index in [2.05, 4.69) is 16.6 Å². The van der Waals surface area contributed by atoms with Gasteiger partial charge in [0.15, 0.2) is 0 Å². The standard InChI is InChI=1S/C15H16ClN2O/c16-13-8-4-7-12(10-13)15-17-14(19-18-15)9-11-5-2-1-3-6-11/h1,4,7-8,10-11H,2-3,5-6,9H2. The van der Waals surface area contributed by atoms with Crippen LogP contribution in [0.1, 0.15) is 31.6 Å². The van der Waals surface area contributed by atoms with Gasteiger partial charge in [0.2, 0.25) is 11.7 Å². The zero-order chi connectivity index (χ0) is 13.1. The van der Waals surface area contributed by atoms with Gasteiger partial charge in [0.25, 0.3) is 0 Å². The van der Waals surface area contributed by atoms with Gasteiger partial charge in [-0.2, -0.15) is 4.98 Å². The molecule has 2 aromatic rings. The highest BCUT2D eigenvalue weighted by Crippen LogP contribution is 2.27. The van der Waals surface area contributed by atoms with Crippen LogP contribution in [0.4, 0.5) is 0 Å². The van der Waals surface area contributed by atoms with E-state index in [0.717, 1.165) is 17.9 Å². The Balaban J connectivity index is 1.72. The van der Waals surface area contributed by atoms with E-state index in [1.807, 2.05) is 24.3 Å². The molecule has 3 rings (SSSR count). The van der Waals surface area contributed by atoms with Crippen molar-refractivity contribution in [2.45, 2.75) is 32.1 Å². The SMILES string of the molecule is Clc1cccc(-c2noc(CC3CC[CH]CC3)n2)c1. The van der Waals surface area contributed by atoms with Crippen molar-refractivity contribution in [2.24, 2.45) is 5.92 Å². The summed E-state index contributed by atoms with van der Waals surface area (Å²) in [6.45, 7) is 0. The lowest BCUT2D eigenvalue weighted by Gasteiger charge is -2.19. The van der Waals surface area contributed by atoms with E-state index < -0.39 is 0 Å². The summed E-state index contributed by atoms with van der Waals surface area (Å²) in [5.74, 6) is 2.04. The number of hydrogen-bond acceptors (Lipinski definition) is 3. The molecule has 1 aliphatic carbocycles. The molecule has 0 unspecified atom stereocenters. The molecule has 1 aromatic carbocycles. The van der Waals surface area contributed by atoms with Crippen molar-refractivity contribution >= 4 is 11.6 Å². The van der Waals surface area contributed by atoms with Gasteiger partial charge in [0.1, 0.15) is 0 Å². The highest BCUT2D eigenvalue weighted by atomic mass is 35.5. The number of hydrogen-bond donors (Lipinski definition) is 0. The lowest BCUT2D eigenvalue weighted by molar-refractivity contribution is 0.324. The van der Waals surface area contributed by atoms with E-state index in [1.165, 1.54) is 25.7 Å². The van der Waals surface area contributed by atoms with Gasteiger partial charge in [-0.05, 0) is 50.2 Å². The van der Waals surface area contributed by atoms with E-state index >= 15 is 0 Å². The van der Waals surface area contributed by atoms with Gasteiger partial charge in [-0.1, -0.05) is 28.9 Å². The van der Waals surface area contributed by atoms with Crippen LogP contribution in [0.5, 0.6) is 0 Å². The summed E-state index contributed by atoms with van der Waals surface area (Å²) in [7, 11) is 0. The molecular weight excluding hydrogens is 260 g/mol. The molecule has 0 saturated heterocycles. The smallest absolute Gasteiger partial charge is 0.227 e. The van der Waals surface area contributed by atoms with E-state index in [-0.39, 0.29) is 0 Å². The molecule has 0 N–H and O–H groups in total. The highest BCUT2D eigenvalue weighted by Gasteiger charge is 2.18. The maximum absolute atomic E-state index is 5.97. The van der Waals surface area contributed by atoms with Gasteiger partial charge in [-0.15, -0.1) is 0 Å². The minimum Gasteiger partial charge on any atom is -0.339 e. The van der Waals surface area contributed by atoms with Gasteiger partial charge in [0.05, 0.1) is 0 Å². The van der Waals surface area contributed by atoms with Crippen LogP contribution >= 0.6 is 11.6 Å². The second-order valence-electron chi connectivity index (χ2n) is 5.04. The van der Waals surface area contributed by atoms with Crippen molar-refractivity contribution in [3.8, 4) is 11.4 Å². The third-order valence-electron chi connectivity index (χ3n) is 3.57. The Morgan fingerprint density at radius 2 is 2.11 bits per heavy atom. The maximum atomic E-state index is 5.97. The molecule has 1 fully saturated rings. The average Bonchev–Trinajstić information content (AvgIpc) is 2.88. The Morgan fingerprint density at radius 3 is 2.89 bits per heavy atom. The van der Waals surface area contributed by atoms with Crippen LogP contribution in [0.15, 0.2) is 28.8 Å². The second-order valence-corrected chi connectivity index (χ2v) is 5.47. The Hall–Kier alpha value is -1.35. The fraction of sp³-hybridized carbons (Fsp3) is 0.400. The second kappa shape index (κ2) is 5.74. The van der Waals surface area contributed by atoms with Crippen molar-refractivity contribution in [3.05, 3.63) is 41.6 Å². The monoisotopic (exact) mass is 275 g/mol. The van der Waals surface area contributed by atoms with Gasteiger partial charge in [0, 0.05) is 17.0 Å². The van der Waals surface area contributed by atoms with Crippen molar-refractivity contribution in [1.82, 2.24) is 10.1 Å². The first-order valence-electron chi connectivity index (χ1n) is 6.71. The van der Waals surface area contributed by atoms with Crippen LogP contribution in [-0.2, 0) is 6.42 Å². The molecule has 1 aliphatic rings. The molecule has 0 spiro atoms. The molecule has 4 heteroatoms. The highest BCUT2D eigenvalue weighted by molar-refractivity contribution is 6.30. The molecule has 0 atom stereocenters. The van der Waals surface area contributed by atoms with Crippen molar-refractivity contribution in [2.75, 3.05) is 0 Å². The zero-order valence-electron chi connectivity index (χ0n) is 10.7. The average molecular weight is 276 g/mol. The summed E-state index contributed by atoms with van der Waals surface area (Å²) < 4.78 is 5.35. The normalized spacial score (nSPS) is 16.7.